The molecule has 108 valence electrons. The van der Waals surface area contributed by atoms with Gasteiger partial charge in [0.05, 0.1) is 11.6 Å². The Morgan fingerprint density at radius 3 is 2.30 bits per heavy atom. The summed E-state index contributed by atoms with van der Waals surface area (Å²) in [6, 6.07) is 9.55. The Hall–Kier alpha value is -1.82. The standard InChI is InChI=1S/C17H24N2O/c1-5-10-19(16(20)11-17(2,3)4)13-15-8-6-14(12-18)7-9-15/h6-9H,5,10-11,13H2,1-4H3. The quantitative estimate of drug-likeness (QED) is 0.819. The third kappa shape index (κ3) is 5.44. The Morgan fingerprint density at radius 2 is 1.85 bits per heavy atom. The fraction of sp³-hybridized carbons (Fsp3) is 0.529. The van der Waals surface area contributed by atoms with E-state index in [9.17, 15) is 4.79 Å². The molecule has 20 heavy (non-hydrogen) atoms. The van der Waals surface area contributed by atoms with E-state index in [-0.39, 0.29) is 11.3 Å². The van der Waals surface area contributed by atoms with Crippen LogP contribution >= 0.6 is 0 Å². The van der Waals surface area contributed by atoms with Gasteiger partial charge in [-0.1, -0.05) is 39.8 Å². The second-order valence-electron chi connectivity index (χ2n) is 6.36. The molecule has 0 spiro atoms. The van der Waals surface area contributed by atoms with E-state index in [1.54, 1.807) is 12.1 Å². The number of hydrogen-bond acceptors (Lipinski definition) is 2. The van der Waals surface area contributed by atoms with Gasteiger partial charge in [0, 0.05) is 19.5 Å². The van der Waals surface area contributed by atoms with Crippen LogP contribution in [0.1, 0.15) is 51.7 Å². The first kappa shape index (κ1) is 16.2. The smallest absolute Gasteiger partial charge is 0.223 e. The van der Waals surface area contributed by atoms with Gasteiger partial charge in [-0.3, -0.25) is 4.79 Å². The molecule has 1 aromatic carbocycles. The van der Waals surface area contributed by atoms with Crippen molar-refractivity contribution in [1.82, 2.24) is 4.90 Å². The van der Waals surface area contributed by atoms with Crippen LogP contribution in [0.5, 0.6) is 0 Å². The van der Waals surface area contributed by atoms with Gasteiger partial charge in [0.25, 0.3) is 0 Å². The third-order valence-corrected chi connectivity index (χ3v) is 2.98. The van der Waals surface area contributed by atoms with Gasteiger partial charge in [0.1, 0.15) is 0 Å². The zero-order valence-electron chi connectivity index (χ0n) is 12.9. The minimum atomic E-state index is 0.00768. The van der Waals surface area contributed by atoms with Crippen LogP contribution in [0.3, 0.4) is 0 Å². The summed E-state index contributed by atoms with van der Waals surface area (Å²) in [5.41, 5.74) is 1.73. The first-order valence-electron chi connectivity index (χ1n) is 7.12. The van der Waals surface area contributed by atoms with E-state index >= 15 is 0 Å². The molecule has 1 rings (SSSR count). The molecular formula is C17H24N2O. The predicted octanol–water partition coefficient (Wildman–Crippen LogP) is 3.73. The normalized spacial score (nSPS) is 10.9. The molecule has 0 N–H and O–H groups in total. The average molecular weight is 272 g/mol. The zero-order chi connectivity index (χ0) is 15.2. The third-order valence-electron chi connectivity index (χ3n) is 2.98. The number of benzene rings is 1. The van der Waals surface area contributed by atoms with Crippen LogP contribution in [0, 0.1) is 16.7 Å². The summed E-state index contributed by atoms with van der Waals surface area (Å²) < 4.78 is 0. The Kier molecular flexibility index (Phi) is 5.76. The van der Waals surface area contributed by atoms with Crippen molar-refractivity contribution in [3.8, 4) is 6.07 Å². The lowest BCUT2D eigenvalue weighted by molar-refractivity contribution is -0.133. The fourth-order valence-electron chi connectivity index (χ4n) is 2.03. The molecule has 3 nitrogen and oxygen atoms in total. The van der Waals surface area contributed by atoms with Gasteiger partial charge in [-0.15, -0.1) is 0 Å². The summed E-state index contributed by atoms with van der Waals surface area (Å²) in [6.07, 6.45) is 1.51. The lowest BCUT2D eigenvalue weighted by Gasteiger charge is -2.26. The summed E-state index contributed by atoms with van der Waals surface area (Å²) in [6.45, 7) is 9.71. The van der Waals surface area contributed by atoms with E-state index in [1.807, 2.05) is 17.0 Å². The first-order chi connectivity index (χ1) is 9.35. The fourth-order valence-corrected chi connectivity index (χ4v) is 2.03. The van der Waals surface area contributed by atoms with Gasteiger partial charge in [0.2, 0.25) is 5.91 Å². The molecule has 3 heteroatoms. The first-order valence-corrected chi connectivity index (χ1v) is 7.12. The van der Waals surface area contributed by atoms with Gasteiger partial charge < -0.3 is 4.90 Å². The SMILES string of the molecule is CCCN(Cc1ccc(C#N)cc1)C(=O)CC(C)(C)C. The number of amides is 1. The van der Waals surface area contributed by atoms with Crippen molar-refractivity contribution in [2.24, 2.45) is 5.41 Å². The van der Waals surface area contributed by atoms with Crippen molar-refractivity contribution in [2.75, 3.05) is 6.54 Å². The molecule has 0 aromatic heterocycles. The van der Waals surface area contributed by atoms with Crippen molar-refractivity contribution < 1.29 is 4.79 Å². The highest BCUT2D eigenvalue weighted by Crippen LogP contribution is 2.21. The number of carbonyl (C=O) groups excluding carboxylic acids is 1. The minimum absolute atomic E-state index is 0.00768. The molecule has 0 atom stereocenters. The van der Waals surface area contributed by atoms with Crippen LogP contribution in [0.2, 0.25) is 0 Å². The highest BCUT2D eigenvalue weighted by atomic mass is 16.2. The summed E-state index contributed by atoms with van der Waals surface area (Å²) in [5.74, 6) is 0.198. The molecule has 0 bridgehead atoms. The number of carbonyl (C=O) groups is 1. The second-order valence-corrected chi connectivity index (χ2v) is 6.36. The topological polar surface area (TPSA) is 44.1 Å². The summed E-state index contributed by atoms with van der Waals surface area (Å²) >= 11 is 0. The Labute approximate surface area is 122 Å². The minimum Gasteiger partial charge on any atom is -0.338 e. The van der Waals surface area contributed by atoms with Crippen molar-refractivity contribution in [2.45, 2.75) is 47.1 Å². The molecule has 1 aromatic rings. The van der Waals surface area contributed by atoms with Gasteiger partial charge in [-0.2, -0.15) is 5.26 Å². The number of rotatable bonds is 5. The van der Waals surface area contributed by atoms with E-state index in [1.165, 1.54) is 0 Å². The van der Waals surface area contributed by atoms with Crippen LogP contribution in [-0.2, 0) is 11.3 Å². The molecule has 0 fully saturated rings. The van der Waals surface area contributed by atoms with Crippen LogP contribution in [0.25, 0.3) is 0 Å². The van der Waals surface area contributed by atoms with Crippen LogP contribution in [-0.4, -0.2) is 17.4 Å². The van der Waals surface area contributed by atoms with Crippen molar-refractivity contribution >= 4 is 5.91 Å². The van der Waals surface area contributed by atoms with Crippen LogP contribution in [0.4, 0.5) is 0 Å². The highest BCUT2D eigenvalue weighted by molar-refractivity contribution is 5.76. The molecule has 0 radical (unpaired) electrons. The largest absolute Gasteiger partial charge is 0.338 e. The second kappa shape index (κ2) is 7.09. The van der Waals surface area contributed by atoms with Gasteiger partial charge in [0.15, 0.2) is 0 Å². The molecule has 0 saturated carbocycles. The molecule has 0 saturated heterocycles. The monoisotopic (exact) mass is 272 g/mol. The van der Waals surface area contributed by atoms with E-state index in [2.05, 4.69) is 33.8 Å². The molecule has 0 aliphatic rings. The maximum atomic E-state index is 12.3. The molecule has 0 aliphatic heterocycles. The van der Waals surface area contributed by atoms with E-state index in [0.717, 1.165) is 18.5 Å². The molecular weight excluding hydrogens is 248 g/mol. The highest BCUT2D eigenvalue weighted by Gasteiger charge is 2.20. The Bertz CT molecular complexity index is 477. The maximum absolute atomic E-state index is 12.3. The van der Waals surface area contributed by atoms with Gasteiger partial charge in [-0.25, -0.2) is 0 Å². The van der Waals surface area contributed by atoms with Crippen molar-refractivity contribution in [3.05, 3.63) is 35.4 Å². The van der Waals surface area contributed by atoms with Crippen molar-refractivity contribution in [1.29, 1.82) is 5.26 Å². The zero-order valence-corrected chi connectivity index (χ0v) is 12.9. The summed E-state index contributed by atoms with van der Waals surface area (Å²) in [4.78, 5) is 14.3. The number of nitriles is 1. The van der Waals surface area contributed by atoms with E-state index in [0.29, 0.717) is 18.5 Å². The Balaban J connectivity index is 2.75. The number of hydrogen-bond donors (Lipinski definition) is 0. The molecule has 1 amide bonds. The van der Waals surface area contributed by atoms with Crippen LogP contribution in [0.15, 0.2) is 24.3 Å². The van der Waals surface area contributed by atoms with Crippen molar-refractivity contribution in [3.63, 3.8) is 0 Å². The molecule has 0 aliphatic carbocycles. The molecule has 0 heterocycles. The summed E-state index contributed by atoms with van der Waals surface area (Å²) in [5, 5.41) is 8.80. The average Bonchev–Trinajstić information content (AvgIpc) is 2.37. The van der Waals surface area contributed by atoms with Gasteiger partial charge >= 0.3 is 0 Å². The van der Waals surface area contributed by atoms with E-state index < -0.39 is 0 Å². The molecule has 0 unspecified atom stereocenters. The summed E-state index contributed by atoms with van der Waals surface area (Å²) in [7, 11) is 0. The Morgan fingerprint density at radius 1 is 1.25 bits per heavy atom. The number of nitrogens with zero attached hydrogens (tertiary/aromatic N) is 2. The van der Waals surface area contributed by atoms with Crippen LogP contribution < -0.4 is 0 Å². The lowest BCUT2D eigenvalue weighted by Crippen LogP contribution is -2.33. The maximum Gasteiger partial charge on any atom is 0.223 e. The predicted molar refractivity (Wildman–Crippen MR) is 80.9 cm³/mol. The lowest BCUT2D eigenvalue weighted by atomic mass is 9.91. The van der Waals surface area contributed by atoms with E-state index in [4.69, 9.17) is 5.26 Å². The van der Waals surface area contributed by atoms with Gasteiger partial charge in [-0.05, 0) is 29.5 Å².